The number of fused-ring (bicyclic) bond motifs is 2. The molecule has 0 spiro atoms. The number of carbonyl (C=O) groups is 1. The Labute approximate surface area is 297 Å². The van der Waals surface area contributed by atoms with Gasteiger partial charge >= 0.3 is 6.03 Å². The Morgan fingerprint density at radius 2 is 1.60 bits per heavy atom. The lowest BCUT2D eigenvalue weighted by molar-refractivity contribution is 0.156. The van der Waals surface area contributed by atoms with E-state index in [0.29, 0.717) is 39.1 Å². The van der Waals surface area contributed by atoms with Crippen molar-refractivity contribution in [2.24, 2.45) is 0 Å². The van der Waals surface area contributed by atoms with Gasteiger partial charge in [0.2, 0.25) is 0 Å². The normalized spacial score (nSPS) is 15.9. The molecule has 3 aromatic carbocycles. The molecule has 2 amide bonds. The van der Waals surface area contributed by atoms with E-state index in [1.807, 2.05) is 70.9 Å². The lowest BCUT2D eigenvalue weighted by Crippen LogP contribution is -2.43. The van der Waals surface area contributed by atoms with Crippen LogP contribution in [0.3, 0.4) is 0 Å². The molecule has 264 valence electrons. The molecule has 1 fully saturated rings. The van der Waals surface area contributed by atoms with Crippen molar-refractivity contribution in [3.8, 4) is 22.9 Å². The predicted molar refractivity (Wildman–Crippen MR) is 200 cm³/mol. The van der Waals surface area contributed by atoms with Crippen LogP contribution in [0.4, 0.5) is 4.79 Å². The van der Waals surface area contributed by atoms with Crippen LogP contribution >= 0.6 is 0 Å². The van der Waals surface area contributed by atoms with Crippen LogP contribution < -0.4 is 14.2 Å². The van der Waals surface area contributed by atoms with Gasteiger partial charge in [0, 0.05) is 74.3 Å². The van der Waals surface area contributed by atoms with Gasteiger partial charge in [0.05, 0.1) is 33.6 Å². The van der Waals surface area contributed by atoms with E-state index in [-0.39, 0.29) is 11.4 Å². The minimum absolute atomic E-state index is 0.00562. The number of methoxy groups -OCH3 is 3. The molecule has 1 aromatic heterocycles. The van der Waals surface area contributed by atoms with Crippen LogP contribution in [-0.2, 0) is 25.0 Å². The van der Waals surface area contributed by atoms with Gasteiger partial charge in [-0.2, -0.15) is 5.10 Å². The number of hydrogen-bond acceptors (Lipinski definition) is 6. The van der Waals surface area contributed by atoms with Crippen molar-refractivity contribution >= 4 is 12.1 Å². The van der Waals surface area contributed by atoms with Crippen molar-refractivity contribution in [1.29, 1.82) is 0 Å². The molecular weight excluding hydrogens is 626 g/mol. The molecule has 0 saturated carbocycles. The van der Waals surface area contributed by atoms with E-state index < -0.39 is 0 Å². The summed E-state index contributed by atoms with van der Waals surface area (Å²) in [6, 6.07) is 20.3. The van der Waals surface area contributed by atoms with E-state index in [1.54, 1.807) is 27.5 Å². The van der Waals surface area contributed by atoms with Gasteiger partial charge in [-0.15, -0.1) is 0 Å². The standard InChI is InChI=1S/C39H45N5O4.C2H6/c1-7-28-19-31-27-43-33(24-39(2,3)37(31)36(22-28)48-6)13-16-41(25-30-20-34(46-4)23-35(21-30)47-5)17-18-42(38(43)45)26-29-9-11-32(12-10-29)44-15-8-14-40-44;1-2/h7-12,14-15,19-24H,1,13,16-18,25-27H2,2-6H3;1-2H3. The highest BCUT2D eigenvalue weighted by atomic mass is 16.5. The Hall–Kier alpha value is -5.02. The summed E-state index contributed by atoms with van der Waals surface area (Å²) in [5, 5.41) is 4.35. The van der Waals surface area contributed by atoms with E-state index in [0.717, 1.165) is 63.0 Å². The van der Waals surface area contributed by atoms with E-state index in [2.05, 4.69) is 66.8 Å². The maximum absolute atomic E-state index is 14.8. The first-order valence-corrected chi connectivity index (χ1v) is 17.4. The van der Waals surface area contributed by atoms with Crippen LogP contribution in [0.25, 0.3) is 11.8 Å². The molecule has 50 heavy (non-hydrogen) atoms. The summed E-state index contributed by atoms with van der Waals surface area (Å²) in [5.41, 5.74) is 6.89. The summed E-state index contributed by atoms with van der Waals surface area (Å²) >= 11 is 0. The molecule has 2 aliphatic rings. The molecule has 2 aliphatic heterocycles. The number of nitrogens with zero attached hydrogens (tertiary/aromatic N) is 5. The number of urea groups is 1. The highest BCUT2D eigenvalue weighted by Gasteiger charge is 2.36. The zero-order valence-corrected chi connectivity index (χ0v) is 30.6. The van der Waals surface area contributed by atoms with Crippen molar-refractivity contribution in [3.05, 3.63) is 119 Å². The molecule has 0 N–H and O–H groups in total. The highest BCUT2D eigenvalue weighted by molar-refractivity contribution is 5.77. The van der Waals surface area contributed by atoms with Crippen LogP contribution in [0, 0.1) is 0 Å². The Kier molecular flexibility index (Phi) is 11.7. The molecule has 0 unspecified atom stereocenters. The summed E-state index contributed by atoms with van der Waals surface area (Å²) < 4.78 is 18.9. The third-order valence-corrected chi connectivity index (χ3v) is 9.28. The Balaban J connectivity index is 0.00000239. The van der Waals surface area contributed by atoms with Crippen LogP contribution in [0.2, 0.25) is 0 Å². The molecule has 1 saturated heterocycles. The number of benzene rings is 3. The fourth-order valence-corrected chi connectivity index (χ4v) is 6.90. The van der Waals surface area contributed by atoms with Gasteiger partial charge in [-0.25, -0.2) is 9.48 Å². The minimum atomic E-state index is -0.378. The Bertz CT molecular complexity index is 1770. The van der Waals surface area contributed by atoms with E-state index in [1.165, 1.54) is 0 Å². The summed E-state index contributed by atoms with van der Waals surface area (Å²) in [7, 11) is 5.05. The number of hydrogen-bond donors (Lipinski definition) is 0. The Morgan fingerprint density at radius 3 is 2.22 bits per heavy atom. The summed E-state index contributed by atoms with van der Waals surface area (Å²) in [6.07, 6.45) is 8.50. The van der Waals surface area contributed by atoms with Gasteiger partial charge in [-0.3, -0.25) is 9.80 Å². The summed E-state index contributed by atoms with van der Waals surface area (Å²) in [4.78, 5) is 21.1. The molecule has 0 radical (unpaired) electrons. The van der Waals surface area contributed by atoms with Gasteiger partial charge in [0.15, 0.2) is 0 Å². The maximum atomic E-state index is 14.8. The predicted octanol–water partition coefficient (Wildman–Crippen LogP) is 8.07. The van der Waals surface area contributed by atoms with Gasteiger partial charge in [-0.1, -0.05) is 58.6 Å². The van der Waals surface area contributed by atoms with Crippen molar-refractivity contribution in [2.75, 3.05) is 41.0 Å². The fourth-order valence-electron chi connectivity index (χ4n) is 6.90. The van der Waals surface area contributed by atoms with Gasteiger partial charge in [-0.05, 0) is 64.7 Å². The second kappa shape index (κ2) is 16.1. The maximum Gasteiger partial charge on any atom is 0.324 e. The monoisotopic (exact) mass is 677 g/mol. The third-order valence-electron chi connectivity index (χ3n) is 9.28. The fraction of sp³-hybridized carbons (Fsp3) is 0.366. The number of rotatable bonds is 9. The molecule has 0 bridgehead atoms. The van der Waals surface area contributed by atoms with Crippen LogP contribution in [0.5, 0.6) is 17.2 Å². The average Bonchev–Trinajstić information content (AvgIpc) is 3.66. The largest absolute Gasteiger partial charge is 0.497 e. The smallest absolute Gasteiger partial charge is 0.324 e. The Morgan fingerprint density at radius 1 is 0.880 bits per heavy atom. The van der Waals surface area contributed by atoms with Crippen LogP contribution in [-0.4, -0.2) is 71.5 Å². The molecule has 9 heteroatoms. The first-order chi connectivity index (χ1) is 24.2. The van der Waals surface area contributed by atoms with E-state index in [9.17, 15) is 4.79 Å². The molecule has 9 nitrogen and oxygen atoms in total. The van der Waals surface area contributed by atoms with Crippen molar-refractivity contribution in [3.63, 3.8) is 0 Å². The van der Waals surface area contributed by atoms with Crippen LogP contribution in [0.1, 0.15) is 61.9 Å². The lowest BCUT2D eigenvalue weighted by atomic mass is 9.80. The molecule has 0 atom stereocenters. The lowest BCUT2D eigenvalue weighted by Gasteiger charge is -2.31. The summed E-state index contributed by atoms with van der Waals surface area (Å²) in [5.74, 6) is 2.33. The second-order valence-corrected chi connectivity index (χ2v) is 13.0. The number of amides is 2. The zero-order chi connectivity index (χ0) is 35.8. The SMILES string of the molecule is C=Cc1cc2c(c(OC)c1)C(C)(C)C=C1CCN(Cc3cc(OC)cc(OC)c3)CCN(Cc3ccc(-n4cccn4)cc3)C(=O)N1C2.CC. The van der Waals surface area contributed by atoms with Gasteiger partial charge in [0.25, 0.3) is 0 Å². The quantitative estimate of drug-likeness (QED) is 0.179. The highest BCUT2D eigenvalue weighted by Crippen LogP contribution is 2.42. The number of carbonyl (C=O) groups excluding carboxylic acids is 1. The first kappa shape index (κ1) is 36.3. The second-order valence-electron chi connectivity index (χ2n) is 13.0. The number of ether oxygens (including phenoxy) is 3. The van der Waals surface area contributed by atoms with Crippen molar-refractivity contribution < 1.29 is 19.0 Å². The average molecular weight is 678 g/mol. The number of aromatic nitrogens is 2. The molecule has 0 aliphatic carbocycles. The van der Waals surface area contributed by atoms with Gasteiger partial charge < -0.3 is 19.1 Å². The molecule has 3 heterocycles. The zero-order valence-electron chi connectivity index (χ0n) is 30.6. The van der Waals surface area contributed by atoms with Gasteiger partial charge in [0.1, 0.15) is 17.2 Å². The molecule has 6 rings (SSSR count). The number of allylic oxidation sites excluding steroid dienone is 1. The minimum Gasteiger partial charge on any atom is -0.497 e. The summed E-state index contributed by atoms with van der Waals surface area (Å²) in [6.45, 7) is 16.1. The van der Waals surface area contributed by atoms with E-state index >= 15 is 0 Å². The molecular formula is C41H51N5O4. The van der Waals surface area contributed by atoms with E-state index in [4.69, 9.17) is 14.2 Å². The topological polar surface area (TPSA) is 72.3 Å². The van der Waals surface area contributed by atoms with Crippen molar-refractivity contribution in [2.45, 2.75) is 59.2 Å². The van der Waals surface area contributed by atoms with Crippen LogP contribution in [0.15, 0.2) is 91.4 Å². The third kappa shape index (κ3) is 8.05. The molecule has 4 aromatic rings. The first-order valence-electron chi connectivity index (χ1n) is 17.4. The van der Waals surface area contributed by atoms with Crippen molar-refractivity contribution in [1.82, 2.24) is 24.5 Å².